The van der Waals surface area contributed by atoms with Gasteiger partial charge >= 0.3 is 0 Å². The fraction of sp³-hybridized carbons (Fsp3) is 0.750. The zero-order chi connectivity index (χ0) is 15.8. The van der Waals surface area contributed by atoms with Crippen LogP contribution in [-0.2, 0) is 4.74 Å². The highest BCUT2D eigenvalue weighted by Crippen LogP contribution is 2.38. The van der Waals surface area contributed by atoms with Crippen LogP contribution in [0.25, 0.3) is 0 Å². The SMILES string of the molecule is CN1CCN(c2ncc(C(=O)NC3CC4OCCCC34)s2)CC1. The van der Waals surface area contributed by atoms with Crippen LogP contribution in [0.2, 0.25) is 0 Å². The molecule has 2 saturated heterocycles. The number of rotatable bonds is 3. The average molecular weight is 336 g/mol. The summed E-state index contributed by atoms with van der Waals surface area (Å²) >= 11 is 1.51. The van der Waals surface area contributed by atoms with Gasteiger partial charge in [-0.05, 0) is 26.3 Å². The van der Waals surface area contributed by atoms with Gasteiger partial charge in [0.15, 0.2) is 5.13 Å². The van der Waals surface area contributed by atoms with Crippen molar-refractivity contribution in [1.82, 2.24) is 15.2 Å². The smallest absolute Gasteiger partial charge is 0.263 e. The van der Waals surface area contributed by atoms with Gasteiger partial charge in [-0.25, -0.2) is 4.98 Å². The van der Waals surface area contributed by atoms with Crippen molar-refractivity contribution in [1.29, 1.82) is 0 Å². The number of carbonyl (C=O) groups is 1. The van der Waals surface area contributed by atoms with E-state index < -0.39 is 0 Å². The number of piperazine rings is 1. The van der Waals surface area contributed by atoms with Gasteiger partial charge in [-0.3, -0.25) is 4.79 Å². The van der Waals surface area contributed by atoms with Crippen LogP contribution in [0, 0.1) is 5.92 Å². The molecule has 0 aromatic carbocycles. The van der Waals surface area contributed by atoms with Crippen LogP contribution in [0.1, 0.15) is 28.9 Å². The van der Waals surface area contributed by atoms with Gasteiger partial charge < -0.3 is 19.9 Å². The lowest BCUT2D eigenvalue weighted by molar-refractivity contribution is -0.100. The number of hydrogen-bond acceptors (Lipinski definition) is 6. The van der Waals surface area contributed by atoms with Gasteiger partial charge in [0, 0.05) is 44.7 Å². The van der Waals surface area contributed by atoms with Crippen LogP contribution < -0.4 is 10.2 Å². The summed E-state index contributed by atoms with van der Waals surface area (Å²) < 4.78 is 5.71. The predicted octanol–water partition coefficient (Wildman–Crippen LogP) is 1.19. The normalized spacial score (nSPS) is 31.3. The number of thiazole rings is 1. The molecule has 2 aliphatic heterocycles. The first-order chi connectivity index (χ1) is 11.2. The fourth-order valence-corrected chi connectivity index (χ4v) is 4.59. The molecule has 3 atom stereocenters. The minimum atomic E-state index is 0.0249. The molecule has 1 aliphatic carbocycles. The Hall–Kier alpha value is -1.18. The number of likely N-dealkylation sites (N-methyl/N-ethyl adjacent to an activating group) is 1. The van der Waals surface area contributed by atoms with E-state index in [2.05, 4.69) is 27.1 Å². The van der Waals surface area contributed by atoms with Gasteiger partial charge in [0.2, 0.25) is 0 Å². The molecule has 3 aliphatic rings. The highest BCUT2D eigenvalue weighted by molar-refractivity contribution is 7.17. The molecule has 3 fully saturated rings. The number of anilines is 1. The largest absolute Gasteiger partial charge is 0.378 e. The number of hydrogen-bond donors (Lipinski definition) is 1. The maximum Gasteiger partial charge on any atom is 0.263 e. The van der Waals surface area contributed by atoms with Gasteiger partial charge in [0.25, 0.3) is 5.91 Å². The molecular weight excluding hydrogens is 312 g/mol. The summed E-state index contributed by atoms with van der Waals surface area (Å²) in [5, 5.41) is 4.15. The van der Waals surface area contributed by atoms with Crippen molar-refractivity contribution < 1.29 is 9.53 Å². The molecule has 0 bridgehead atoms. The lowest BCUT2D eigenvalue weighted by Crippen LogP contribution is -2.57. The second-order valence-electron chi connectivity index (χ2n) is 6.83. The molecule has 1 aromatic rings. The van der Waals surface area contributed by atoms with Crippen LogP contribution in [0.4, 0.5) is 5.13 Å². The molecule has 6 nitrogen and oxygen atoms in total. The molecule has 23 heavy (non-hydrogen) atoms. The summed E-state index contributed by atoms with van der Waals surface area (Å²) in [6, 6.07) is 0.280. The average Bonchev–Trinajstić information content (AvgIpc) is 3.03. The molecule has 126 valence electrons. The molecule has 3 unspecified atom stereocenters. The van der Waals surface area contributed by atoms with Crippen molar-refractivity contribution in [2.75, 3.05) is 44.7 Å². The van der Waals surface area contributed by atoms with Crippen LogP contribution >= 0.6 is 11.3 Å². The van der Waals surface area contributed by atoms with Gasteiger partial charge in [-0.2, -0.15) is 0 Å². The first kappa shape index (κ1) is 15.4. The van der Waals surface area contributed by atoms with E-state index in [1.807, 2.05) is 0 Å². The van der Waals surface area contributed by atoms with Crippen molar-refractivity contribution in [2.45, 2.75) is 31.4 Å². The summed E-state index contributed by atoms with van der Waals surface area (Å²) in [5.74, 6) is 0.537. The second-order valence-corrected chi connectivity index (χ2v) is 7.84. The Balaban J connectivity index is 1.34. The third-order valence-electron chi connectivity index (χ3n) is 5.30. The topological polar surface area (TPSA) is 57.7 Å². The maximum atomic E-state index is 12.5. The third kappa shape index (κ3) is 3.09. The minimum Gasteiger partial charge on any atom is -0.378 e. The second kappa shape index (κ2) is 6.37. The molecule has 7 heteroatoms. The lowest BCUT2D eigenvalue weighted by atomic mass is 9.72. The fourth-order valence-electron chi connectivity index (χ4n) is 3.71. The van der Waals surface area contributed by atoms with Crippen molar-refractivity contribution in [3.8, 4) is 0 Å². The number of nitrogens with zero attached hydrogens (tertiary/aromatic N) is 3. The third-order valence-corrected chi connectivity index (χ3v) is 6.36. The standard InChI is InChI=1S/C16H24N4O2S/c1-19-4-6-20(7-5-19)16-17-10-14(23-16)15(21)18-12-9-13-11(12)3-2-8-22-13/h10-13H,2-9H2,1H3,(H,18,21). The van der Waals surface area contributed by atoms with Gasteiger partial charge in [-0.1, -0.05) is 11.3 Å². The number of aromatic nitrogens is 1. The van der Waals surface area contributed by atoms with Gasteiger partial charge in [-0.15, -0.1) is 0 Å². The number of carbonyl (C=O) groups excluding carboxylic acids is 1. The van der Waals surface area contributed by atoms with E-state index in [0.29, 0.717) is 12.0 Å². The van der Waals surface area contributed by atoms with Crippen LogP contribution in [-0.4, -0.2) is 67.8 Å². The van der Waals surface area contributed by atoms with Crippen molar-refractivity contribution in [3.63, 3.8) is 0 Å². The Morgan fingerprint density at radius 2 is 2.22 bits per heavy atom. The number of ether oxygens (including phenoxy) is 1. The van der Waals surface area contributed by atoms with Gasteiger partial charge in [0.05, 0.1) is 12.3 Å². The van der Waals surface area contributed by atoms with Gasteiger partial charge in [0.1, 0.15) is 4.88 Å². The first-order valence-corrected chi connectivity index (χ1v) is 9.34. The van der Waals surface area contributed by atoms with Crippen LogP contribution in [0.3, 0.4) is 0 Å². The van der Waals surface area contributed by atoms with Crippen molar-refractivity contribution in [2.24, 2.45) is 5.92 Å². The van der Waals surface area contributed by atoms with Crippen LogP contribution in [0.15, 0.2) is 6.20 Å². The molecule has 0 spiro atoms. The Kier molecular flexibility index (Phi) is 4.26. The van der Waals surface area contributed by atoms with Crippen molar-refractivity contribution >= 4 is 22.4 Å². The summed E-state index contributed by atoms with van der Waals surface area (Å²) in [6.45, 7) is 4.94. The van der Waals surface area contributed by atoms with E-state index in [0.717, 1.165) is 55.6 Å². The maximum absolute atomic E-state index is 12.5. The lowest BCUT2D eigenvalue weighted by Gasteiger charge is -2.47. The molecule has 1 amide bonds. The molecule has 1 saturated carbocycles. The monoisotopic (exact) mass is 336 g/mol. The predicted molar refractivity (Wildman–Crippen MR) is 90.2 cm³/mol. The van der Waals surface area contributed by atoms with E-state index in [9.17, 15) is 4.79 Å². The Morgan fingerprint density at radius 3 is 3.00 bits per heavy atom. The first-order valence-electron chi connectivity index (χ1n) is 8.52. The Morgan fingerprint density at radius 1 is 1.39 bits per heavy atom. The number of fused-ring (bicyclic) bond motifs is 1. The molecule has 0 radical (unpaired) electrons. The van der Waals surface area contributed by atoms with E-state index in [-0.39, 0.29) is 11.9 Å². The molecular formula is C16H24N4O2S. The molecule has 1 N–H and O–H groups in total. The van der Waals surface area contributed by atoms with E-state index in [1.54, 1.807) is 6.20 Å². The molecule has 1 aromatic heterocycles. The Bertz CT molecular complexity index is 570. The van der Waals surface area contributed by atoms with E-state index >= 15 is 0 Å². The zero-order valence-corrected chi connectivity index (χ0v) is 14.3. The highest BCUT2D eigenvalue weighted by Gasteiger charge is 2.44. The van der Waals surface area contributed by atoms with Crippen LogP contribution in [0.5, 0.6) is 0 Å². The van der Waals surface area contributed by atoms with E-state index in [1.165, 1.54) is 17.8 Å². The summed E-state index contributed by atoms with van der Waals surface area (Å²) in [6.07, 6.45) is 5.34. The Labute approximate surface area is 140 Å². The number of nitrogens with one attached hydrogen (secondary N) is 1. The van der Waals surface area contributed by atoms with Crippen molar-refractivity contribution in [3.05, 3.63) is 11.1 Å². The zero-order valence-electron chi connectivity index (χ0n) is 13.5. The minimum absolute atomic E-state index is 0.0249. The highest BCUT2D eigenvalue weighted by atomic mass is 32.1. The molecule has 4 rings (SSSR count). The molecule has 3 heterocycles. The summed E-state index contributed by atoms with van der Waals surface area (Å²) in [5.41, 5.74) is 0. The summed E-state index contributed by atoms with van der Waals surface area (Å²) in [7, 11) is 2.14. The van der Waals surface area contributed by atoms with E-state index in [4.69, 9.17) is 4.74 Å². The quantitative estimate of drug-likeness (QED) is 0.899. The number of amides is 1. The summed E-state index contributed by atoms with van der Waals surface area (Å²) in [4.78, 5) is 22.2.